The van der Waals surface area contributed by atoms with E-state index in [-0.39, 0.29) is 23.9 Å². The largest absolute Gasteiger partial charge is 0.497 e. The Bertz CT molecular complexity index is 753. The Morgan fingerprint density at radius 3 is 2.48 bits per heavy atom. The second kappa shape index (κ2) is 8.89. The molecule has 0 atom stereocenters. The van der Waals surface area contributed by atoms with Gasteiger partial charge in [-0.05, 0) is 42.5 Å². The van der Waals surface area contributed by atoms with Crippen LogP contribution in [0.5, 0.6) is 5.75 Å². The first-order valence-corrected chi connectivity index (χ1v) is 7.79. The monoisotopic (exact) mass is 365 g/mol. The fourth-order valence-corrected chi connectivity index (χ4v) is 2.16. The summed E-state index contributed by atoms with van der Waals surface area (Å²) >= 11 is 5.83. The lowest BCUT2D eigenvalue weighted by molar-refractivity contribution is -0.116. The maximum absolute atomic E-state index is 12.9. The third-order valence-corrected chi connectivity index (χ3v) is 3.50. The van der Waals surface area contributed by atoms with Crippen molar-refractivity contribution in [2.75, 3.05) is 24.3 Å². The van der Waals surface area contributed by atoms with Crippen LogP contribution in [0.25, 0.3) is 0 Å². The third kappa shape index (κ3) is 5.96. The quantitative estimate of drug-likeness (QED) is 0.731. The first-order chi connectivity index (χ1) is 12.0. The lowest BCUT2D eigenvalue weighted by Gasteiger charge is -2.09. The molecule has 0 spiro atoms. The molecule has 3 amide bonds. The summed E-state index contributed by atoms with van der Waals surface area (Å²) < 4.78 is 18.0. The highest BCUT2D eigenvalue weighted by molar-refractivity contribution is 6.33. The molecular formula is C17H17ClFN3O3. The molecule has 2 rings (SSSR count). The Kier molecular flexibility index (Phi) is 6.59. The van der Waals surface area contributed by atoms with Crippen LogP contribution in [0.1, 0.15) is 6.42 Å². The number of carbonyl (C=O) groups is 2. The second-order valence-corrected chi connectivity index (χ2v) is 5.44. The number of anilines is 2. The third-order valence-electron chi connectivity index (χ3n) is 3.19. The van der Waals surface area contributed by atoms with Crippen LogP contribution in [-0.4, -0.2) is 25.6 Å². The molecule has 2 aromatic carbocycles. The molecule has 0 fully saturated rings. The van der Waals surface area contributed by atoms with E-state index >= 15 is 0 Å². The van der Waals surface area contributed by atoms with Gasteiger partial charge in [0.15, 0.2) is 0 Å². The van der Waals surface area contributed by atoms with Crippen molar-refractivity contribution in [2.24, 2.45) is 0 Å². The van der Waals surface area contributed by atoms with Crippen molar-refractivity contribution in [3.63, 3.8) is 0 Å². The van der Waals surface area contributed by atoms with Crippen LogP contribution in [0.2, 0.25) is 5.02 Å². The first-order valence-electron chi connectivity index (χ1n) is 7.42. The lowest BCUT2D eigenvalue weighted by Crippen LogP contribution is -2.31. The fraction of sp³-hybridized carbons (Fsp3) is 0.176. The number of halogens is 2. The lowest BCUT2D eigenvalue weighted by atomic mass is 10.3. The number of hydrogen-bond acceptors (Lipinski definition) is 3. The van der Waals surface area contributed by atoms with E-state index in [2.05, 4.69) is 16.0 Å². The van der Waals surface area contributed by atoms with Gasteiger partial charge in [-0.1, -0.05) is 11.6 Å². The van der Waals surface area contributed by atoms with E-state index in [0.717, 1.165) is 6.07 Å². The van der Waals surface area contributed by atoms with E-state index in [9.17, 15) is 14.0 Å². The summed E-state index contributed by atoms with van der Waals surface area (Å²) in [4.78, 5) is 23.6. The molecule has 2 aromatic rings. The number of hydrogen-bond donors (Lipinski definition) is 3. The van der Waals surface area contributed by atoms with E-state index < -0.39 is 11.8 Å². The van der Waals surface area contributed by atoms with E-state index in [1.807, 2.05) is 0 Å². The standard InChI is InChI=1S/C17H17ClFN3O3/c1-25-13-5-3-12(4-6-13)21-17(24)20-9-8-16(23)22-15-7-2-11(19)10-14(15)18/h2-7,10H,8-9H2,1H3,(H,22,23)(H2,20,21,24). The van der Waals surface area contributed by atoms with Crippen molar-refractivity contribution in [3.05, 3.63) is 53.3 Å². The zero-order chi connectivity index (χ0) is 18.2. The van der Waals surface area contributed by atoms with Gasteiger partial charge < -0.3 is 20.7 Å². The highest BCUT2D eigenvalue weighted by Crippen LogP contribution is 2.22. The molecule has 0 bridgehead atoms. The van der Waals surface area contributed by atoms with E-state index in [1.54, 1.807) is 31.4 Å². The van der Waals surface area contributed by atoms with Gasteiger partial charge in [-0.25, -0.2) is 9.18 Å². The van der Waals surface area contributed by atoms with Crippen molar-refractivity contribution >= 4 is 34.9 Å². The zero-order valence-corrected chi connectivity index (χ0v) is 14.2. The van der Waals surface area contributed by atoms with E-state index in [0.29, 0.717) is 17.1 Å². The molecule has 0 aliphatic rings. The normalized spacial score (nSPS) is 10.0. The van der Waals surface area contributed by atoms with Crippen molar-refractivity contribution < 1.29 is 18.7 Å². The molecule has 0 aliphatic heterocycles. The Morgan fingerprint density at radius 2 is 1.84 bits per heavy atom. The number of amides is 3. The van der Waals surface area contributed by atoms with Gasteiger partial charge in [-0.2, -0.15) is 0 Å². The minimum absolute atomic E-state index is 0.0454. The molecule has 6 nitrogen and oxygen atoms in total. The van der Waals surface area contributed by atoms with Gasteiger partial charge >= 0.3 is 6.03 Å². The molecule has 0 saturated carbocycles. The summed E-state index contributed by atoms with van der Waals surface area (Å²) in [6.45, 7) is 0.132. The summed E-state index contributed by atoms with van der Waals surface area (Å²) in [5, 5.41) is 7.86. The SMILES string of the molecule is COc1ccc(NC(=O)NCCC(=O)Nc2ccc(F)cc2Cl)cc1. The average Bonchev–Trinajstić information content (AvgIpc) is 2.58. The number of methoxy groups -OCH3 is 1. The molecule has 0 unspecified atom stereocenters. The molecule has 132 valence electrons. The van der Waals surface area contributed by atoms with Gasteiger partial charge in [-0.15, -0.1) is 0 Å². The molecular weight excluding hydrogens is 349 g/mol. The van der Waals surface area contributed by atoms with E-state index in [1.165, 1.54) is 12.1 Å². The molecule has 0 aromatic heterocycles. The van der Waals surface area contributed by atoms with Crippen LogP contribution in [0, 0.1) is 5.82 Å². The smallest absolute Gasteiger partial charge is 0.319 e. The number of nitrogens with one attached hydrogen (secondary N) is 3. The number of rotatable bonds is 6. The minimum atomic E-state index is -0.486. The predicted molar refractivity (Wildman–Crippen MR) is 94.7 cm³/mol. The minimum Gasteiger partial charge on any atom is -0.497 e. The summed E-state index contributed by atoms with van der Waals surface area (Å²) in [7, 11) is 1.55. The summed E-state index contributed by atoms with van der Waals surface area (Å²) in [6, 6.07) is 10.1. The Balaban J connectivity index is 1.73. The summed E-state index contributed by atoms with van der Waals surface area (Å²) in [5.41, 5.74) is 0.914. The zero-order valence-electron chi connectivity index (χ0n) is 13.4. The Morgan fingerprint density at radius 1 is 1.12 bits per heavy atom. The number of urea groups is 1. The van der Waals surface area contributed by atoms with Gasteiger partial charge in [0.05, 0.1) is 17.8 Å². The Labute approximate surface area is 149 Å². The second-order valence-electron chi connectivity index (χ2n) is 5.03. The van der Waals surface area contributed by atoms with Gasteiger partial charge in [0, 0.05) is 18.7 Å². The maximum atomic E-state index is 12.9. The Hall–Kier alpha value is -2.80. The van der Waals surface area contributed by atoms with Crippen LogP contribution in [-0.2, 0) is 4.79 Å². The van der Waals surface area contributed by atoms with Crippen molar-refractivity contribution in [2.45, 2.75) is 6.42 Å². The van der Waals surface area contributed by atoms with Gasteiger partial charge in [0.1, 0.15) is 11.6 Å². The number of ether oxygens (including phenoxy) is 1. The topological polar surface area (TPSA) is 79.5 Å². The molecule has 0 saturated heterocycles. The fourth-order valence-electron chi connectivity index (χ4n) is 1.94. The molecule has 25 heavy (non-hydrogen) atoms. The molecule has 0 radical (unpaired) electrons. The summed E-state index contributed by atoms with van der Waals surface area (Å²) in [5.74, 6) is -0.153. The van der Waals surface area contributed by atoms with Crippen LogP contribution >= 0.6 is 11.6 Å². The van der Waals surface area contributed by atoms with Crippen LogP contribution in [0.15, 0.2) is 42.5 Å². The van der Waals surface area contributed by atoms with E-state index in [4.69, 9.17) is 16.3 Å². The van der Waals surface area contributed by atoms with Crippen molar-refractivity contribution in [3.8, 4) is 5.75 Å². The average molecular weight is 366 g/mol. The van der Waals surface area contributed by atoms with Crippen LogP contribution in [0.3, 0.4) is 0 Å². The highest BCUT2D eigenvalue weighted by Gasteiger charge is 2.08. The van der Waals surface area contributed by atoms with Crippen molar-refractivity contribution in [1.29, 1.82) is 0 Å². The van der Waals surface area contributed by atoms with Gasteiger partial charge in [0.25, 0.3) is 0 Å². The molecule has 8 heteroatoms. The maximum Gasteiger partial charge on any atom is 0.319 e. The van der Waals surface area contributed by atoms with Crippen molar-refractivity contribution in [1.82, 2.24) is 5.32 Å². The van der Waals surface area contributed by atoms with Gasteiger partial charge in [-0.3, -0.25) is 4.79 Å². The predicted octanol–water partition coefficient (Wildman–Crippen LogP) is 3.64. The first kappa shape index (κ1) is 18.5. The van der Waals surface area contributed by atoms with Crippen LogP contribution < -0.4 is 20.7 Å². The number of carbonyl (C=O) groups excluding carboxylic acids is 2. The van der Waals surface area contributed by atoms with Crippen LogP contribution in [0.4, 0.5) is 20.6 Å². The highest BCUT2D eigenvalue weighted by atomic mass is 35.5. The number of benzene rings is 2. The van der Waals surface area contributed by atoms with Gasteiger partial charge in [0.2, 0.25) is 5.91 Å². The molecule has 3 N–H and O–H groups in total. The molecule has 0 aliphatic carbocycles. The summed E-state index contributed by atoms with van der Waals surface area (Å²) in [6.07, 6.45) is 0.0454. The molecule has 0 heterocycles.